The van der Waals surface area contributed by atoms with Gasteiger partial charge in [0.1, 0.15) is 5.50 Å². The molecule has 0 radical (unpaired) electrons. The van der Waals surface area contributed by atoms with E-state index in [1.54, 1.807) is 18.0 Å². The molecule has 0 aromatic carbocycles. The lowest BCUT2D eigenvalue weighted by Crippen LogP contribution is -2.36. The van der Waals surface area contributed by atoms with Crippen molar-refractivity contribution in [1.82, 2.24) is 20.2 Å². The van der Waals surface area contributed by atoms with E-state index in [1.165, 1.54) is 12.8 Å². The molecule has 4 rings (SSSR count). The van der Waals surface area contributed by atoms with Gasteiger partial charge < -0.3 is 10.6 Å². The van der Waals surface area contributed by atoms with Crippen LogP contribution in [0.1, 0.15) is 24.1 Å². The van der Waals surface area contributed by atoms with E-state index in [4.69, 9.17) is 5.73 Å². The third-order valence-corrected chi connectivity index (χ3v) is 4.98. The number of H-pyrrole nitrogens is 1. The standard InChI is InChI=1S/C15H19N7S/c1-10-4-5-17-15(19-10)22-12(9-23-14(22)16)11-8-18-20-13(11)21-6-2-3-7-21/h4-5,8-9,14H,2-3,6-7,16H2,1H3,(H,18,20). The molecule has 2 aliphatic rings. The number of hydrogen-bond acceptors (Lipinski definition) is 7. The van der Waals surface area contributed by atoms with Crippen LogP contribution in [-0.4, -0.2) is 38.8 Å². The Balaban J connectivity index is 1.72. The maximum Gasteiger partial charge on any atom is 0.232 e. The zero-order valence-electron chi connectivity index (χ0n) is 12.9. The van der Waals surface area contributed by atoms with Crippen LogP contribution in [0.4, 0.5) is 11.8 Å². The molecule has 2 aromatic heterocycles. The minimum Gasteiger partial charge on any atom is -0.355 e. The van der Waals surface area contributed by atoms with Crippen LogP contribution in [0.15, 0.2) is 23.9 Å². The highest BCUT2D eigenvalue weighted by Gasteiger charge is 2.32. The van der Waals surface area contributed by atoms with Gasteiger partial charge in [-0.15, -0.1) is 0 Å². The molecule has 3 N–H and O–H groups in total. The quantitative estimate of drug-likeness (QED) is 0.889. The lowest BCUT2D eigenvalue weighted by Gasteiger charge is -2.25. The van der Waals surface area contributed by atoms with Crippen molar-refractivity contribution in [1.29, 1.82) is 0 Å². The number of hydrogen-bond donors (Lipinski definition) is 2. The van der Waals surface area contributed by atoms with Gasteiger partial charge >= 0.3 is 0 Å². The van der Waals surface area contributed by atoms with E-state index in [-0.39, 0.29) is 5.50 Å². The van der Waals surface area contributed by atoms with Gasteiger partial charge in [0.05, 0.1) is 11.3 Å². The SMILES string of the molecule is Cc1ccnc(N2C(c3c[nH]nc3N3CCCC3)=CSC2N)n1. The number of nitrogens with two attached hydrogens (primary N) is 1. The molecule has 2 aliphatic heterocycles. The summed E-state index contributed by atoms with van der Waals surface area (Å²) >= 11 is 1.57. The Morgan fingerprint density at radius 1 is 1.35 bits per heavy atom. The predicted molar refractivity (Wildman–Crippen MR) is 92.8 cm³/mol. The first-order chi connectivity index (χ1) is 11.2. The number of nitrogens with one attached hydrogen (secondary N) is 1. The lowest BCUT2D eigenvalue weighted by molar-refractivity contribution is 0.877. The third kappa shape index (κ3) is 2.57. The number of aromatic amines is 1. The topological polar surface area (TPSA) is 87.0 Å². The number of anilines is 2. The van der Waals surface area contributed by atoms with Gasteiger partial charge in [0, 0.05) is 31.2 Å². The lowest BCUT2D eigenvalue weighted by atomic mass is 10.2. The molecular weight excluding hydrogens is 310 g/mol. The van der Waals surface area contributed by atoms with Gasteiger partial charge in [0.15, 0.2) is 5.82 Å². The second-order valence-corrected chi connectivity index (χ2v) is 6.71. The van der Waals surface area contributed by atoms with Crippen LogP contribution in [-0.2, 0) is 0 Å². The molecule has 1 atom stereocenters. The molecule has 0 aliphatic carbocycles. The summed E-state index contributed by atoms with van der Waals surface area (Å²) < 4.78 is 0. The van der Waals surface area contributed by atoms with Gasteiger partial charge in [0.2, 0.25) is 5.95 Å². The van der Waals surface area contributed by atoms with E-state index in [2.05, 4.69) is 30.5 Å². The average Bonchev–Trinajstić information content (AvgIpc) is 3.26. The van der Waals surface area contributed by atoms with E-state index in [0.29, 0.717) is 5.95 Å². The molecular formula is C15H19N7S. The summed E-state index contributed by atoms with van der Waals surface area (Å²) in [6, 6.07) is 1.88. The van der Waals surface area contributed by atoms with Crippen molar-refractivity contribution in [3.05, 3.63) is 35.1 Å². The van der Waals surface area contributed by atoms with E-state index < -0.39 is 0 Å². The Bertz CT molecular complexity index is 735. The Kier molecular flexibility index (Phi) is 3.70. The molecule has 0 saturated carbocycles. The Morgan fingerprint density at radius 3 is 2.96 bits per heavy atom. The van der Waals surface area contributed by atoms with Gasteiger partial charge in [0.25, 0.3) is 0 Å². The summed E-state index contributed by atoms with van der Waals surface area (Å²) in [4.78, 5) is 13.2. The summed E-state index contributed by atoms with van der Waals surface area (Å²) in [6.07, 6.45) is 6.12. The second kappa shape index (κ2) is 5.86. The summed E-state index contributed by atoms with van der Waals surface area (Å²) in [7, 11) is 0. The molecule has 8 heteroatoms. The average molecular weight is 329 g/mol. The van der Waals surface area contributed by atoms with E-state index in [0.717, 1.165) is 35.9 Å². The van der Waals surface area contributed by atoms with Gasteiger partial charge in [-0.2, -0.15) is 5.10 Å². The molecule has 4 heterocycles. The first kappa shape index (κ1) is 14.5. The Labute approximate surface area is 139 Å². The monoisotopic (exact) mass is 329 g/mol. The van der Waals surface area contributed by atoms with E-state index >= 15 is 0 Å². The second-order valence-electron chi connectivity index (χ2n) is 5.71. The summed E-state index contributed by atoms with van der Waals surface area (Å²) in [5.74, 6) is 1.61. The largest absolute Gasteiger partial charge is 0.355 e. The van der Waals surface area contributed by atoms with Gasteiger partial charge in [-0.05, 0) is 31.2 Å². The van der Waals surface area contributed by atoms with Crippen LogP contribution < -0.4 is 15.5 Å². The molecule has 0 spiro atoms. The van der Waals surface area contributed by atoms with Crippen molar-refractivity contribution in [2.24, 2.45) is 5.73 Å². The van der Waals surface area contributed by atoms with Crippen molar-refractivity contribution in [2.75, 3.05) is 22.9 Å². The maximum atomic E-state index is 6.27. The van der Waals surface area contributed by atoms with Crippen molar-refractivity contribution in [3.63, 3.8) is 0 Å². The smallest absolute Gasteiger partial charge is 0.232 e. The van der Waals surface area contributed by atoms with E-state index in [9.17, 15) is 0 Å². The molecule has 1 fully saturated rings. The highest BCUT2D eigenvalue weighted by atomic mass is 32.2. The molecule has 23 heavy (non-hydrogen) atoms. The Morgan fingerprint density at radius 2 is 2.17 bits per heavy atom. The normalized spacial score (nSPS) is 21.1. The molecule has 7 nitrogen and oxygen atoms in total. The fraction of sp³-hybridized carbons (Fsp3) is 0.400. The summed E-state index contributed by atoms with van der Waals surface area (Å²) in [5.41, 5.74) is 9.02. The van der Waals surface area contributed by atoms with Crippen LogP contribution in [0.25, 0.3) is 5.70 Å². The minimum atomic E-state index is -0.229. The van der Waals surface area contributed by atoms with E-state index in [1.807, 2.05) is 24.1 Å². The molecule has 0 amide bonds. The fourth-order valence-corrected chi connectivity index (χ4v) is 3.84. The van der Waals surface area contributed by atoms with Crippen LogP contribution in [0.3, 0.4) is 0 Å². The summed E-state index contributed by atoms with van der Waals surface area (Å²) in [5, 5.41) is 9.53. The molecule has 1 unspecified atom stereocenters. The number of aryl methyl sites for hydroxylation is 1. The first-order valence-corrected chi connectivity index (χ1v) is 8.67. The Hall–Kier alpha value is -2.06. The maximum absolute atomic E-state index is 6.27. The molecule has 120 valence electrons. The number of rotatable bonds is 3. The number of thioether (sulfide) groups is 1. The zero-order chi connectivity index (χ0) is 15.8. The first-order valence-electron chi connectivity index (χ1n) is 7.73. The van der Waals surface area contributed by atoms with Crippen LogP contribution >= 0.6 is 11.8 Å². The number of aromatic nitrogens is 4. The highest BCUT2D eigenvalue weighted by Crippen LogP contribution is 2.39. The molecule has 0 bridgehead atoms. The summed E-state index contributed by atoms with van der Waals surface area (Å²) in [6.45, 7) is 4.05. The van der Waals surface area contributed by atoms with Crippen molar-refractivity contribution in [2.45, 2.75) is 25.3 Å². The van der Waals surface area contributed by atoms with Gasteiger partial charge in [-0.3, -0.25) is 10.00 Å². The van der Waals surface area contributed by atoms with Crippen LogP contribution in [0.2, 0.25) is 0 Å². The fourth-order valence-electron chi connectivity index (χ4n) is 3.00. The zero-order valence-corrected chi connectivity index (χ0v) is 13.8. The molecule has 2 aromatic rings. The van der Waals surface area contributed by atoms with Gasteiger partial charge in [-0.1, -0.05) is 11.8 Å². The minimum absolute atomic E-state index is 0.229. The van der Waals surface area contributed by atoms with Crippen molar-refractivity contribution < 1.29 is 0 Å². The van der Waals surface area contributed by atoms with Gasteiger partial charge in [-0.25, -0.2) is 9.97 Å². The highest BCUT2D eigenvalue weighted by molar-refractivity contribution is 8.03. The number of nitrogens with zero attached hydrogens (tertiary/aromatic N) is 5. The van der Waals surface area contributed by atoms with Crippen LogP contribution in [0.5, 0.6) is 0 Å². The van der Waals surface area contributed by atoms with Crippen molar-refractivity contribution in [3.8, 4) is 0 Å². The van der Waals surface area contributed by atoms with Crippen LogP contribution in [0, 0.1) is 6.92 Å². The predicted octanol–water partition coefficient (Wildman–Crippen LogP) is 1.90. The third-order valence-electron chi connectivity index (χ3n) is 4.13. The molecule has 1 saturated heterocycles. The van der Waals surface area contributed by atoms with Crippen molar-refractivity contribution >= 4 is 29.2 Å².